The van der Waals surface area contributed by atoms with Crippen molar-refractivity contribution in [2.75, 3.05) is 20.2 Å². The van der Waals surface area contributed by atoms with Crippen molar-refractivity contribution >= 4 is 17.4 Å². The molecule has 1 aliphatic carbocycles. The van der Waals surface area contributed by atoms with Gasteiger partial charge in [0.25, 0.3) is 0 Å². The average molecular weight is 368 g/mol. The van der Waals surface area contributed by atoms with E-state index in [0.717, 1.165) is 62.9 Å². The number of aryl methyl sites for hydroxylation is 1. The second kappa shape index (κ2) is 7.37. The van der Waals surface area contributed by atoms with Gasteiger partial charge in [0.15, 0.2) is 0 Å². The highest BCUT2D eigenvalue weighted by Crippen LogP contribution is 2.40. The lowest BCUT2D eigenvalue weighted by Crippen LogP contribution is -2.54. The van der Waals surface area contributed by atoms with Gasteiger partial charge in [0, 0.05) is 26.1 Å². The van der Waals surface area contributed by atoms with Gasteiger partial charge in [-0.1, -0.05) is 6.07 Å². The molecule has 5 heteroatoms. The Kier molecular flexibility index (Phi) is 4.94. The molecule has 2 atom stereocenters. The van der Waals surface area contributed by atoms with Gasteiger partial charge in [0.05, 0.1) is 7.11 Å². The molecule has 4 rings (SSSR count). The third kappa shape index (κ3) is 3.35. The number of nitrogens with zero attached hydrogens (tertiary/aromatic N) is 2. The molecule has 27 heavy (non-hydrogen) atoms. The SMILES string of the molecule is COc1ccc2c(c1)CCC1CCN(C3CCCCN3C(C)=O)C(=O)C=C21. The van der Waals surface area contributed by atoms with Crippen molar-refractivity contribution in [1.82, 2.24) is 9.80 Å². The van der Waals surface area contributed by atoms with Crippen LogP contribution < -0.4 is 4.74 Å². The molecule has 0 saturated carbocycles. The van der Waals surface area contributed by atoms with E-state index in [1.807, 2.05) is 21.9 Å². The maximum atomic E-state index is 13.2. The summed E-state index contributed by atoms with van der Waals surface area (Å²) >= 11 is 0. The lowest BCUT2D eigenvalue weighted by molar-refractivity contribution is -0.144. The predicted molar refractivity (Wildman–Crippen MR) is 104 cm³/mol. The van der Waals surface area contributed by atoms with Crippen LogP contribution in [0.2, 0.25) is 0 Å². The first kappa shape index (κ1) is 18.1. The van der Waals surface area contributed by atoms with Crippen molar-refractivity contribution in [2.45, 2.75) is 51.6 Å². The van der Waals surface area contributed by atoms with Crippen molar-refractivity contribution < 1.29 is 14.3 Å². The minimum atomic E-state index is -0.0870. The summed E-state index contributed by atoms with van der Waals surface area (Å²) < 4.78 is 5.36. The molecule has 3 aliphatic rings. The average Bonchev–Trinajstić information content (AvgIpc) is 2.85. The maximum Gasteiger partial charge on any atom is 0.248 e. The van der Waals surface area contributed by atoms with E-state index in [1.165, 1.54) is 11.1 Å². The number of hydrogen-bond donors (Lipinski definition) is 0. The van der Waals surface area contributed by atoms with Gasteiger partial charge < -0.3 is 14.5 Å². The summed E-state index contributed by atoms with van der Waals surface area (Å²) in [6.07, 6.45) is 7.78. The second-order valence-electron chi connectivity index (χ2n) is 7.87. The molecule has 1 fully saturated rings. The van der Waals surface area contributed by atoms with E-state index in [4.69, 9.17) is 4.74 Å². The number of methoxy groups -OCH3 is 1. The summed E-state index contributed by atoms with van der Waals surface area (Å²) in [5.41, 5.74) is 3.62. The molecular formula is C22H28N2O3. The van der Waals surface area contributed by atoms with E-state index in [9.17, 15) is 9.59 Å². The Morgan fingerprint density at radius 3 is 2.78 bits per heavy atom. The lowest BCUT2D eigenvalue weighted by Gasteiger charge is -2.41. The summed E-state index contributed by atoms with van der Waals surface area (Å²) in [7, 11) is 1.69. The van der Waals surface area contributed by atoms with Crippen molar-refractivity contribution in [3.05, 3.63) is 35.4 Å². The normalized spacial score (nSPS) is 25.3. The Morgan fingerprint density at radius 2 is 2.00 bits per heavy atom. The van der Waals surface area contributed by atoms with Crippen LogP contribution in [0.1, 0.15) is 50.2 Å². The molecule has 1 aromatic carbocycles. The fourth-order valence-electron chi connectivity index (χ4n) is 4.91. The third-order valence-corrected chi connectivity index (χ3v) is 6.34. The zero-order valence-corrected chi connectivity index (χ0v) is 16.2. The number of carbonyl (C=O) groups is 2. The number of fused-ring (bicyclic) bond motifs is 3. The minimum Gasteiger partial charge on any atom is -0.497 e. The first-order valence-electron chi connectivity index (χ1n) is 10.0. The number of benzene rings is 1. The van der Waals surface area contributed by atoms with Crippen LogP contribution in [-0.2, 0) is 16.0 Å². The molecular weight excluding hydrogens is 340 g/mol. The summed E-state index contributed by atoms with van der Waals surface area (Å²) in [4.78, 5) is 29.1. The van der Waals surface area contributed by atoms with E-state index in [2.05, 4.69) is 12.1 Å². The number of amides is 2. The number of ether oxygens (including phenoxy) is 1. The minimum absolute atomic E-state index is 0.0503. The number of allylic oxidation sites excluding steroid dienone is 1. The zero-order valence-electron chi connectivity index (χ0n) is 16.2. The largest absolute Gasteiger partial charge is 0.497 e. The molecule has 144 valence electrons. The molecule has 0 aromatic heterocycles. The van der Waals surface area contributed by atoms with Gasteiger partial charge in [-0.15, -0.1) is 0 Å². The fraction of sp³-hybridized carbons (Fsp3) is 0.545. The van der Waals surface area contributed by atoms with E-state index < -0.39 is 0 Å². The quantitative estimate of drug-likeness (QED) is 0.805. The van der Waals surface area contributed by atoms with Gasteiger partial charge in [0.1, 0.15) is 11.9 Å². The molecule has 0 N–H and O–H groups in total. The highest BCUT2D eigenvalue weighted by atomic mass is 16.5. The van der Waals surface area contributed by atoms with Crippen molar-refractivity contribution in [2.24, 2.45) is 5.92 Å². The fourth-order valence-corrected chi connectivity index (χ4v) is 4.91. The molecule has 1 saturated heterocycles. The topological polar surface area (TPSA) is 49.9 Å². The second-order valence-corrected chi connectivity index (χ2v) is 7.87. The Hall–Kier alpha value is -2.30. The number of likely N-dealkylation sites (tertiary alicyclic amines) is 1. The monoisotopic (exact) mass is 368 g/mol. The first-order valence-corrected chi connectivity index (χ1v) is 10.0. The molecule has 2 amide bonds. The van der Waals surface area contributed by atoms with E-state index >= 15 is 0 Å². The molecule has 0 bridgehead atoms. The van der Waals surface area contributed by atoms with Crippen LogP contribution in [0.3, 0.4) is 0 Å². The van der Waals surface area contributed by atoms with Gasteiger partial charge in [-0.25, -0.2) is 0 Å². The van der Waals surface area contributed by atoms with Gasteiger partial charge in [-0.2, -0.15) is 0 Å². The first-order chi connectivity index (χ1) is 13.1. The molecule has 5 nitrogen and oxygen atoms in total. The predicted octanol–water partition coefficient (Wildman–Crippen LogP) is 3.23. The number of hydrogen-bond acceptors (Lipinski definition) is 3. The van der Waals surface area contributed by atoms with Crippen molar-refractivity contribution in [3.63, 3.8) is 0 Å². The molecule has 0 spiro atoms. The number of rotatable bonds is 2. The van der Waals surface area contributed by atoms with E-state index in [1.54, 1.807) is 14.0 Å². The van der Waals surface area contributed by atoms with E-state index in [0.29, 0.717) is 5.92 Å². The van der Waals surface area contributed by atoms with Crippen LogP contribution in [0.25, 0.3) is 5.57 Å². The summed E-state index contributed by atoms with van der Waals surface area (Å²) in [6, 6.07) is 6.17. The van der Waals surface area contributed by atoms with Gasteiger partial charge in [-0.3, -0.25) is 9.59 Å². The number of piperidine rings is 1. The summed E-state index contributed by atoms with van der Waals surface area (Å²) in [5.74, 6) is 1.40. The Morgan fingerprint density at radius 1 is 1.15 bits per heavy atom. The molecule has 2 aliphatic heterocycles. The van der Waals surface area contributed by atoms with Gasteiger partial charge in [0.2, 0.25) is 11.8 Å². The third-order valence-electron chi connectivity index (χ3n) is 6.34. The summed E-state index contributed by atoms with van der Waals surface area (Å²) in [6.45, 7) is 3.10. The molecule has 0 radical (unpaired) electrons. The van der Waals surface area contributed by atoms with Crippen LogP contribution in [0.4, 0.5) is 0 Å². The van der Waals surface area contributed by atoms with Crippen LogP contribution in [0.5, 0.6) is 5.75 Å². The van der Waals surface area contributed by atoms with Crippen LogP contribution >= 0.6 is 0 Å². The molecule has 2 unspecified atom stereocenters. The van der Waals surface area contributed by atoms with Gasteiger partial charge in [-0.05, 0) is 73.3 Å². The van der Waals surface area contributed by atoms with Crippen molar-refractivity contribution in [3.8, 4) is 5.75 Å². The molecule has 2 heterocycles. The highest BCUT2D eigenvalue weighted by molar-refractivity contribution is 5.97. The highest BCUT2D eigenvalue weighted by Gasteiger charge is 2.36. The lowest BCUT2D eigenvalue weighted by atomic mass is 9.78. The molecule has 1 aromatic rings. The standard InChI is InChI=1S/C22H28N2O3/c1-15(25)23-11-4-3-5-21(23)24-12-10-16-6-7-17-13-18(27-2)8-9-19(17)20(16)14-22(24)26/h8-9,13-14,16,21H,3-7,10-12H2,1-2H3. The van der Waals surface area contributed by atoms with Crippen molar-refractivity contribution in [1.29, 1.82) is 0 Å². The maximum absolute atomic E-state index is 13.2. The smallest absolute Gasteiger partial charge is 0.248 e. The van der Waals surface area contributed by atoms with Crippen LogP contribution in [0, 0.1) is 5.92 Å². The van der Waals surface area contributed by atoms with Crippen LogP contribution in [0.15, 0.2) is 24.3 Å². The Balaban J connectivity index is 1.65. The summed E-state index contributed by atoms with van der Waals surface area (Å²) in [5, 5.41) is 0. The Labute approximate surface area is 161 Å². The Bertz CT molecular complexity index is 786. The number of carbonyl (C=O) groups excluding carboxylic acids is 2. The van der Waals surface area contributed by atoms with Gasteiger partial charge >= 0.3 is 0 Å². The van der Waals surface area contributed by atoms with E-state index in [-0.39, 0.29) is 18.0 Å². The van der Waals surface area contributed by atoms with Crippen LogP contribution in [-0.4, -0.2) is 48.0 Å². The zero-order chi connectivity index (χ0) is 19.0.